The second-order valence-electron chi connectivity index (χ2n) is 7.64. The summed E-state index contributed by atoms with van der Waals surface area (Å²) in [5, 5.41) is 20.3. The number of hydrogen-bond donors (Lipinski definition) is 2. The van der Waals surface area contributed by atoms with Crippen LogP contribution >= 0.6 is 0 Å². The van der Waals surface area contributed by atoms with Gasteiger partial charge in [0.1, 0.15) is 11.9 Å². The van der Waals surface area contributed by atoms with Gasteiger partial charge in [-0.25, -0.2) is 9.59 Å². The van der Waals surface area contributed by atoms with Crippen molar-refractivity contribution in [3.63, 3.8) is 0 Å². The fourth-order valence-corrected chi connectivity index (χ4v) is 3.50. The van der Waals surface area contributed by atoms with Gasteiger partial charge in [-0.15, -0.1) is 0 Å². The van der Waals surface area contributed by atoms with E-state index in [0.29, 0.717) is 19.3 Å². The lowest BCUT2D eigenvalue weighted by Crippen LogP contribution is -2.31. The van der Waals surface area contributed by atoms with E-state index in [9.17, 15) is 19.8 Å². The van der Waals surface area contributed by atoms with Crippen LogP contribution < -0.4 is 0 Å². The van der Waals surface area contributed by atoms with Crippen molar-refractivity contribution in [2.45, 2.75) is 63.4 Å². The number of carbonyl (C=O) groups is 2. The third-order valence-electron chi connectivity index (χ3n) is 5.10. The maximum Gasteiger partial charge on any atom is 0.342 e. The molecule has 7 nitrogen and oxygen atoms in total. The summed E-state index contributed by atoms with van der Waals surface area (Å²) in [5.41, 5.74) is -1.26. The van der Waals surface area contributed by atoms with Crippen molar-refractivity contribution >= 4 is 11.9 Å². The molecule has 1 saturated heterocycles. The van der Waals surface area contributed by atoms with E-state index >= 15 is 0 Å². The van der Waals surface area contributed by atoms with Crippen molar-refractivity contribution in [1.29, 1.82) is 0 Å². The van der Waals surface area contributed by atoms with E-state index in [1.165, 1.54) is 13.0 Å². The van der Waals surface area contributed by atoms with Crippen LogP contribution in [0.5, 0.6) is 0 Å². The van der Waals surface area contributed by atoms with Crippen molar-refractivity contribution in [1.82, 2.24) is 0 Å². The number of aliphatic hydroxyl groups excluding tert-OH is 1. The lowest BCUT2D eigenvalue weighted by atomic mass is 9.86. The number of epoxide rings is 1. The summed E-state index contributed by atoms with van der Waals surface area (Å²) in [5.74, 6) is -1.20. The molecule has 0 bridgehead atoms. The van der Waals surface area contributed by atoms with Gasteiger partial charge in [0.15, 0.2) is 0 Å². The molecule has 142 valence electrons. The number of hydrogen-bond acceptors (Lipinski definition) is 7. The second-order valence-corrected chi connectivity index (χ2v) is 7.64. The Morgan fingerprint density at radius 1 is 1.46 bits per heavy atom. The van der Waals surface area contributed by atoms with E-state index in [1.807, 2.05) is 6.92 Å². The largest absolute Gasteiger partial charge is 0.454 e. The van der Waals surface area contributed by atoms with Gasteiger partial charge >= 0.3 is 11.9 Å². The van der Waals surface area contributed by atoms with Crippen LogP contribution in [0.3, 0.4) is 0 Å². The van der Waals surface area contributed by atoms with Crippen LogP contribution in [0, 0.1) is 0 Å². The topological polar surface area (TPSA) is 106 Å². The first-order valence-corrected chi connectivity index (χ1v) is 8.62. The highest BCUT2D eigenvalue weighted by molar-refractivity contribution is 5.95. The SMILES string of the molecule is C=C(C)C(=O)OC1C[C@]2(C)O[C@@H]2CC[C@@](C)(O)/C=C2/OC(=O)C(CO)=C21. The molecule has 0 aromatic heterocycles. The Morgan fingerprint density at radius 2 is 2.15 bits per heavy atom. The quantitative estimate of drug-likeness (QED) is 0.442. The van der Waals surface area contributed by atoms with Crippen molar-refractivity contribution in [2.24, 2.45) is 0 Å². The summed E-state index contributed by atoms with van der Waals surface area (Å²) < 4.78 is 16.6. The molecule has 1 aliphatic carbocycles. The maximum atomic E-state index is 12.2. The standard InChI is InChI=1S/C19H24O7/c1-10(2)16(21)24-13-8-19(4)14(26-19)5-6-18(3,23)7-12-15(13)11(9-20)17(22)25-12/h7,13-14,20,23H,1,5-6,8-9H2,2-4H3/b12-7+/t13?,14-,18-,19+/m1/s1. The van der Waals surface area contributed by atoms with E-state index in [2.05, 4.69) is 6.58 Å². The zero-order chi connectivity index (χ0) is 19.3. The molecule has 0 saturated carbocycles. The molecule has 2 aliphatic heterocycles. The van der Waals surface area contributed by atoms with Crippen molar-refractivity contribution in [3.8, 4) is 0 Å². The predicted octanol–water partition coefficient (Wildman–Crippen LogP) is 1.30. The highest BCUT2D eigenvalue weighted by Crippen LogP contribution is 2.48. The predicted molar refractivity (Wildman–Crippen MR) is 90.7 cm³/mol. The van der Waals surface area contributed by atoms with Gasteiger partial charge in [0.25, 0.3) is 0 Å². The van der Waals surface area contributed by atoms with E-state index in [0.717, 1.165) is 0 Å². The van der Waals surface area contributed by atoms with Crippen LogP contribution in [0.1, 0.15) is 40.0 Å². The van der Waals surface area contributed by atoms with Gasteiger partial charge in [0.05, 0.1) is 29.5 Å². The van der Waals surface area contributed by atoms with Gasteiger partial charge in [-0.2, -0.15) is 0 Å². The van der Waals surface area contributed by atoms with Crippen LogP contribution in [0.2, 0.25) is 0 Å². The average Bonchev–Trinajstić information content (AvgIpc) is 3.06. The van der Waals surface area contributed by atoms with Gasteiger partial charge < -0.3 is 24.4 Å². The molecule has 0 aromatic rings. The van der Waals surface area contributed by atoms with Crippen LogP contribution in [0.4, 0.5) is 0 Å². The molecule has 0 aromatic carbocycles. The Hall–Kier alpha value is -1.96. The minimum absolute atomic E-state index is 0.0212. The summed E-state index contributed by atoms with van der Waals surface area (Å²) in [6.45, 7) is 8.06. The molecule has 2 N–H and O–H groups in total. The number of rotatable bonds is 3. The zero-order valence-electron chi connectivity index (χ0n) is 15.2. The summed E-state index contributed by atoms with van der Waals surface area (Å²) in [6.07, 6.45) is 1.86. The minimum Gasteiger partial charge on any atom is -0.454 e. The molecule has 0 radical (unpaired) electrons. The third kappa shape index (κ3) is 3.47. The van der Waals surface area contributed by atoms with Crippen molar-refractivity contribution in [3.05, 3.63) is 35.1 Å². The third-order valence-corrected chi connectivity index (χ3v) is 5.10. The summed E-state index contributed by atoms with van der Waals surface area (Å²) in [7, 11) is 0. The Labute approximate surface area is 151 Å². The van der Waals surface area contributed by atoms with Gasteiger partial charge in [-0.05, 0) is 39.7 Å². The van der Waals surface area contributed by atoms with Crippen LogP contribution in [-0.4, -0.2) is 52.2 Å². The lowest BCUT2D eigenvalue weighted by Gasteiger charge is -2.26. The molecule has 0 amide bonds. The van der Waals surface area contributed by atoms with E-state index in [1.54, 1.807) is 6.92 Å². The molecule has 2 heterocycles. The van der Waals surface area contributed by atoms with Crippen LogP contribution in [0.25, 0.3) is 0 Å². The molecule has 1 unspecified atom stereocenters. The fraction of sp³-hybridized carbons (Fsp3) is 0.579. The minimum atomic E-state index is -1.24. The molecule has 1 fully saturated rings. The Kier molecular flexibility index (Phi) is 4.58. The van der Waals surface area contributed by atoms with Gasteiger partial charge in [0.2, 0.25) is 0 Å². The summed E-state index contributed by atoms with van der Waals surface area (Å²) in [6, 6.07) is 0. The van der Waals surface area contributed by atoms with Gasteiger partial charge in [0, 0.05) is 17.6 Å². The first-order chi connectivity index (χ1) is 12.1. The Morgan fingerprint density at radius 3 is 2.77 bits per heavy atom. The monoisotopic (exact) mass is 364 g/mol. The molecule has 0 spiro atoms. The molecule has 3 rings (SSSR count). The van der Waals surface area contributed by atoms with Crippen molar-refractivity contribution in [2.75, 3.05) is 6.61 Å². The molecular weight excluding hydrogens is 340 g/mol. The fourth-order valence-electron chi connectivity index (χ4n) is 3.50. The molecule has 7 heteroatoms. The normalized spacial score (nSPS) is 38.5. The maximum absolute atomic E-state index is 12.2. The summed E-state index contributed by atoms with van der Waals surface area (Å²) in [4.78, 5) is 24.3. The van der Waals surface area contributed by atoms with Gasteiger partial charge in [-0.3, -0.25) is 0 Å². The number of fused-ring (bicyclic) bond motifs is 2. The van der Waals surface area contributed by atoms with E-state index < -0.39 is 35.9 Å². The van der Waals surface area contributed by atoms with E-state index in [4.69, 9.17) is 14.2 Å². The van der Waals surface area contributed by atoms with Crippen LogP contribution in [-0.2, 0) is 23.8 Å². The first kappa shape index (κ1) is 18.8. The van der Waals surface area contributed by atoms with Crippen molar-refractivity contribution < 1.29 is 34.0 Å². The van der Waals surface area contributed by atoms with Gasteiger partial charge in [-0.1, -0.05) is 6.58 Å². The number of aliphatic hydroxyl groups is 2. The lowest BCUT2D eigenvalue weighted by molar-refractivity contribution is -0.143. The number of carbonyl (C=O) groups excluding carboxylic acids is 2. The van der Waals surface area contributed by atoms with E-state index in [-0.39, 0.29) is 28.6 Å². The summed E-state index contributed by atoms with van der Waals surface area (Å²) >= 11 is 0. The van der Waals surface area contributed by atoms with Crippen LogP contribution in [0.15, 0.2) is 35.1 Å². The zero-order valence-corrected chi connectivity index (χ0v) is 15.2. The smallest absolute Gasteiger partial charge is 0.342 e. The Bertz CT molecular complexity index is 730. The highest BCUT2D eigenvalue weighted by Gasteiger charge is 2.55. The number of esters is 2. The first-order valence-electron chi connectivity index (χ1n) is 8.62. The average molecular weight is 364 g/mol. The molecule has 26 heavy (non-hydrogen) atoms. The molecule has 3 aliphatic rings. The molecular formula is C19H24O7. The number of ether oxygens (including phenoxy) is 3. The second kappa shape index (κ2) is 6.33. The Balaban J connectivity index is 2.09. The highest BCUT2D eigenvalue weighted by atomic mass is 16.6. The molecule has 4 atom stereocenters.